The molecular formula is C118H126N12O10. The standard InChI is InChI=1S/C118H126N12O10/c1-15-17-19-21-23-37-67-135-109-83-53-47-77(99-87-59-63-95(123-87)101(105(73-39-29-25-30-40-73)127-111(131)137-115(3,4)5)91-55-49-79(119-91)71-80-50-56-92(120-80)102(96-64-60-88(99)124-96)106(74-41-31-26-32-42-74)128-112(132)138-116(6,7)8)69-85(83)86-70-78(48-54-84(86)110(109)136-68-38-24-22-20-18-16-2)100-89-61-65-97(125-89)103(107(75-43-33-27-34-44-75)129-113(133)139-117(9,10)11)93-57-51-81(121-93)72-82-52-58-94(122-82)104(98-66-62-90(100)126-98)108(76-45-35-28-36-46-76)130-114(134)140-118(12,13)14/h25-36,39-66,69-72,105-108,119,121,124,126H,15-24,37-38,67-68H2,1-14H3,(H,127,131)(H,128,132)(H,129,133)(H,130,134). The summed E-state index contributed by atoms with van der Waals surface area (Å²) in [6.07, 6.45) is 26.1. The van der Waals surface area contributed by atoms with Crippen molar-refractivity contribution in [2.75, 3.05) is 13.2 Å². The molecule has 4 unspecified atom stereocenters. The molecule has 16 bridgehead atoms. The van der Waals surface area contributed by atoms with Crippen molar-refractivity contribution in [1.29, 1.82) is 0 Å². The maximum Gasteiger partial charge on any atom is 0.408 e. The fourth-order valence-electron chi connectivity index (χ4n) is 18.6. The highest BCUT2D eigenvalue weighted by molar-refractivity contribution is 6.17. The molecule has 0 radical (unpaired) electrons. The third-order valence-electron chi connectivity index (χ3n) is 24.7. The molecule has 0 aliphatic carbocycles. The zero-order valence-electron chi connectivity index (χ0n) is 82.5. The van der Waals surface area contributed by atoms with Crippen LogP contribution in [0.5, 0.6) is 11.5 Å². The van der Waals surface area contributed by atoms with E-state index in [1.165, 1.54) is 0 Å². The van der Waals surface area contributed by atoms with Gasteiger partial charge in [-0.05, 0) is 274 Å². The Bertz CT molecular complexity index is 6690. The number of hydrogen-bond donors (Lipinski definition) is 8. The van der Waals surface area contributed by atoms with Crippen LogP contribution in [0.2, 0.25) is 0 Å². The van der Waals surface area contributed by atoms with Gasteiger partial charge in [-0.25, -0.2) is 39.1 Å². The van der Waals surface area contributed by atoms with Gasteiger partial charge in [0.25, 0.3) is 0 Å². The Labute approximate surface area is 818 Å². The number of hydrogen-bond acceptors (Lipinski definition) is 14. The van der Waals surface area contributed by atoms with Crippen molar-refractivity contribution in [2.24, 2.45) is 0 Å². The monoisotopic (exact) mass is 1870 g/mol. The molecule has 0 saturated carbocycles. The first-order valence-electron chi connectivity index (χ1n) is 49.2. The van der Waals surface area contributed by atoms with Crippen molar-refractivity contribution in [2.45, 2.75) is 221 Å². The molecule has 7 aromatic carbocycles. The number of carbonyl (C=O) groups excluding carboxylic acids is 4. The summed E-state index contributed by atoms with van der Waals surface area (Å²) in [5.41, 5.74) is 15.5. The van der Waals surface area contributed by atoms with Gasteiger partial charge in [0.15, 0.2) is 11.5 Å². The number of alkyl carbamates (subject to hydrolysis) is 4. The summed E-state index contributed by atoms with van der Waals surface area (Å²) in [7, 11) is 0. The van der Waals surface area contributed by atoms with Crippen LogP contribution >= 0.6 is 0 Å². The third-order valence-corrected chi connectivity index (χ3v) is 24.7. The van der Waals surface area contributed by atoms with E-state index >= 15 is 0 Å². The van der Waals surface area contributed by atoms with E-state index in [2.05, 4.69) is 104 Å². The zero-order chi connectivity index (χ0) is 98.0. The quantitative estimate of drug-likeness (QED) is 0.0118. The van der Waals surface area contributed by atoms with Gasteiger partial charge in [0.2, 0.25) is 0 Å². The van der Waals surface area contributed by atoms with Crippen LogP contribution in [0.25, 0.3) is 137 Å². The van der Waals surface area contributed by atoms with E-state index in [0.29, 0.717) is 137 Å². The predicted molar refractivity (Wildman–Crippen MR) is 566 cm³/mol. The molecule has 4 atom stereocenters. The summed E-state index contributed by atoms with van der Waals surface area (Å²) in [4.78, 5) is 96.3. The Hall–Kier alpha value is -15.1. The van der Waals surface area contributed by atoms with Gasteiger partial charge in [0.1, 0.15) is 22.4 Å². The lowest BCUT2D eigenvalue weighted by Gasteiger charge is -2.25. The molecule has 4 aliphatic heterocycles. The fourth-order valence-corrected chi connectivity index (χ4v) is 18.6. The lowest BCUT2D eigenvalue weighted by Crippen LogP contribution is -2.35. The second-order valence-electron chi connectivity index (χ2n) is 40.2. The van der Waals surface area contributed by atoms with Crippen molar-refractivity contribution in [3.63, 3.8) is 0 Å². The number of unbranched alkanes of at least 4 members (excludes halogenated alkanes) is 10. The van der Waals surface area contributed by atoms with Crippen LogP contribution in [0.3, 0.4) is 0 Å². The largest absolute Gasteiger partial charge is 0.489 e. The van der Waals surface area contributed by atoms with Crippen molar-refractivity contribution in [3.05, 3.63) is 308 Å². The van der Waals surface area contributed by atoms with Crippen LogP contribution in [0, 0.1) is 0 Å². The molecule has 4 amide bonds. The molecular weight excluding hydrogens is 1750 g/mol. The number of benzene rings is 7. The lowest BCUT2D eigenvalue weighted by molar-refractivity contribution is 0.0501. The van der Waals surface area contributed by atoms with Gasteiger partial charge >= 0.3 is 24.4 Å². The molecule has 718 valence electrons. The van der Waals surface area contributed by atoms with E-state index < -0.39 is 70.9 Å². The summed E-state index contributed by atoms with van der Waals surface area (Å²) in [5, 5.41) is 16.5. The first-order chi connectivity index (χ1) is 67.4. The Morgan fingerprint density at radius 3 is 0.886 bits per heavy atom. The van der Waals surface area contributed by atoms with Crippen molar-refractivity contribution >= 4 is 139 Å². The molecule has 22 nitrogen and oxygen atoms in total. The van der Waals surface area contributed by atoms with Gasteiger partial charge < -0.3 is 69.6 Å². The second-order valence-corrected chi connectivity index (χ2v) is 40.2. The zero-order valence-corrected chi connectivity index (χ0v) is 82.5. The molecule has 6 aromatic heterocycles. The number of ether oxygens (including phenoxy) is 6. The minimum absolute atomic E-state index is 0.427. The number of aromatic amines is 4. The van der Waals surface area contributed by atoms with Gasteiger partial charge in [0.05, 0.1) is 82.9 Å². The fraction of sp³-hybridized carbons (Fsp3) is 0.305. The second kappa shape index (κ2) is 42.1. The van der Waals surface area contributed by atoms with Gasteiger partial charge in [-0.2, -0.15) is 0 Å². The topological polar surface area (TPSA) is 286 Å². The molecule has 10 heterocycles. The number of fused-ring (bicyclic) bond motifs is 19. The molecule has 140 heavy (non-hydrogen) atoms. The highest BCUT2D eigenvalue weighted by atomic mass is 16.6. The first-order valence-corrected chi connectivity index (χ1v) is 49.2. The summed E-state index contributed by atoms with van der Waals surface area (Å²) in [5.74, 6) is 1.24. The number of amides is 4. The minimum atomic E-state index is -0.841. The molecule has 22 heteroatoms. The van der Waals surface area contributed by atoms with E-state index in [4.69, 9.17) is 48.4 Å². The molecule has 0 spiro atoms. The van der Waals surface area contributed by atoms with E-state index in [0.717, 1.165) is 143 Å². The number of rotatable bonds is 30. The van der Waals surface area contributed by atoms with Crippen LogP contribution < -0.4 is 30.7 Å². The lowest BCUT2D eigenvalue weighted by atomic mass is 9.92. The Morgan fingerprint density at radius 2 is 0.564 bits per heavy atom. The highest BCUT2D eigenvalue weighted by Gasteiger charge is 2.34. The molecule has 17 rings (SSSR count). The number of aromatic nitrogens is 8. The maximum absolute atomic E-state index is 14.6. The summed E-state index contributed by atoms with van der Waals surface area (Å²) in [6.45, 7) is 27.5. The Morgan fingerprint density at radius 1 is 0.286 bits per heavy atom. The number of H-pyrrole nitrogens is 4. The van der Waals surface area contributed by atoms with Crippen molar-refractivity contribution in [3.8, 4) is 33.8 Å². The van der Waals surface area contributed by atoms with E-state index in [1.807, 2.05) is 302 Å². The van der Waals surface area contributed by atoms with Crippen molar-refractivity contribution < 1.29 is 47.6 Å². The summed E-state index contributed by atoms with van der Waals surface area (Å²) in [6, 6.07) is 69.3. The van der Waals surface area contributed by atoms with Gasteiger partial charge in [-0.1, -0.05) is 212 Å². The maximum atomic E-state index is 14.6. The Kier molecular flexibility index (Phi) is 29.1. The van der Waals surface area contributed by atoms with Crippen LogP contribution in [-0.4, -0.2) is 99.9 Å². The number of nitrogens with zero attached hydrogens (tertiary/aromatic N) is 4. The van der Waals surface area contributed by atoms with Crippen LogP contribution in [0.4, 0.5) is 19.2 Å². The van der Waals surface area contributed by atoms with E-state index in [1.54, 1.807) is 0 Å². The first kappa shape index (κ1) is 96.6. The average molecular weight is 1870 g/mol. The minimum Gasteiger partial charge on any atom is -0.489 e. The normalized spacial score (nSPS) is 13.4. The van der Waals surface area contributed by atoms with Crippen LogP contribution in [-0.2, 0) is 18.9 Å². The molecule has 0 saturated heterocycles. The summed E-state index contributed by atoms with van der Waals surface area (Å²) >= 11 is 0. The molecule has 13 aromatic rings. The van der Waals surface area contributed by atoms with Crippen molar-refractivity contribution in [1.82, 2.24) is 61.1 Å². The SMILES string of the molecule is CCCCCCCCOc1c(OCCCCCCCC)c2ccc(-c3c4nc(c(C(NC(=O)OC(C)(C)C)c5ccccc5)c5ccc(cc6nc(c(C(NC(=O)OC(C)(C)C)c7ccccc7)c7ccc3[nH]7)C=C6)[nH]5)C=C4)cc2c2cc(-c3c4nc(c(C(NC(=O)OC(C)(C)C)c5ccccc5)c5ccc(cc6nc(c(C(NC(=O)OC(C)(C)C)c7ccccc7)c7ccc3[nH]7)C=C6)[nH]5)C=C4)ccc12. The predicted octanol–water partition coefficient (Wildman–Crippen LogP) is 29.2. The van der Waals surface area contributed by atoms with Gasteiger partial charge in [-0.3, -0.25) is 0 Å². The molecule has 4 aliphatic rings. The molecule has 8 N–H and O–H groups in total. The Balaban J connectivity index is 0.991. The highest BCUT2D eigenvalue weighted by Crippen LogP contribution is 2.49. The average Bonchev–Trinajstić information content (AvgIpc) is 1.47. The summed E-state index contributed by atoms with van der Waals surface area (Å²) < 4.78 is 39.2. The smallest absolute Gasteiger partial charge is 0.408 e. The number of carbonyl (C=O) groups is 4. The van der Waals surface area contributed by atoms with Crippen LogP contribution in [0.15, 0.2) is 218 Å². The van der Waals surface area contributed by atoms with Crippen LogP contribution in [0.1, 0.15) is 288 Å². The third kappa shape index (κ3) is 23.2. The van der Waals surface area contributed by atoms with E-state index in [9.17, 15) is 19.2 Å². The van der Waals surface area contributed by atoms with Gasteiger partial charge in [-0.15, -0.1) is 0 Å². The molecule has 0 fully saturated rings. The van der Waals surface area contributed by atoms with E-state index in [-0.39, 0.29) is 0 Å². The number of nitrogens with one attached hydrogen (secondary N) is 8. The van der Waals surface area contributed by atoms with Gasteiger partial charge in [0, 0.05) is 88.3 Å².